The molecule has 0 aliphatic rings. The molecule has 1 amide bonds. The van der Waals surface area contributed by atoms with Gasteiger partial charge in [0.15, 0.2) is 0 Å². The molecule has 0 aliphatic carbocycles. The molecule has 0 radical (unpaired) electrons. The quantitative estimate of drug-likeness (QED) is 0.334. The molecular weight excluding hydrogens is 499 g/mol. The van der Waals surface area contributed by atoms with Crippen LogP contribution in [0.2, 0.25) is 10.0 Å². The lowest BCUT2D eigenvalue weighted by Crippen LogP contribution is -2.26. The third kappa shape index (κ3) is 6.90. The molecule has 2 N–H and O–H groups in total. The van der Waals surface area contributed by atoms with Crippen molar-refractivity contribution in [1.82, 2.24) is 5.32 Å². The smallest absolute Gasteiger partial charge is 0.262 e. The van der Waals surface area contributed by atoms with Crippen LogP contribution in [0, 0.1) is 13.8 Å². The van der Waals surface area contributed by atoms with Crippen molar-refractivity contribution in [3.05, 3.63) is 93.0 Å². The molecule has 0 saturated heterocycles. The maximum atomic E-state index is 12.9. The Morgan fingerprint density at radius 3 is 2.36 bits per heavy atom. The maximum absolute atomic E-state index is 12.9. The number of nitrogens with one attached hydrogen (secondary N) is 2. The molecule has 174 valence electrons. The molecule has 5 nitrogen and oxygen atoms in total. The second-order valence-corrected chi connectivity index (χ2v) is 11.0. The standard InChI is InChI=1S/C24H24Cl2N2O3S2/c1-16-5-3-6-19(13-16)28-33(30,31)23-14-18(10-9-17(23)2)24(29)27-11-12-32-15-20-21(25)7-4-8-22(20)26/h3-10,13-14,28H,11-12,15H2,1-2H3,(H,27,29). The predicted octanol–water partition coefficient (Wildman–Crippen LogP) is 6.07. The number of aryl methyl sites for hydroxylation is 2. The summed E-state index contributed by atoms with van der Waals surface area (Å²) >= 11 is 13.9. The minimum atomic E-state index is -3.84. The average Bonchev–Trinajstić information content (AvgIpc) is 2.75. The summed E-state index contributed by atoms with van der Waals surface area (Å²) in [6, 6.07) is 17.1. The molecule has 0 saturated carbocycles. The second-order valence-electron chi connectivity index (χ2n) is 7.46. The Morgan fingerprint density at radius 2 is 1.67 bits per heavy atom. The van der Waals surface area contributed by atoms with Crippen molar-refractivity contribution in [2.24, 2.45) is 0 Å². The van der Waals surface area contributed by atoms with E-state index in [1.807, 2.05) is 13.0 Å². The Labute approximate surface area is 208 Å². The van der Waals surface area contributed by atoms with Gasteiger partial charge in [0.25, 0.3) is 15.9 Å². The number of amides is 1. The molecule has 33 heavy (non-hydrogen) atoms. The Morgan fingerprint density at radius 1 is 0.970 bits per heavy atom. The zero-order valence-corrected chi connectivity index (χ0v) is 21.3. The Bertz CT molecular complexity index is 1240. The first-order chi connectivity index (χ1) is 15.7. The fourth-order valence-electron chi connectivity index (χ4n) is 3.13. The number of anilines is 1. The lowest BCUT2D eigenvalue weighted by Gasteiger charge is -2.13. The highest BCUT2D eigenvalue weighted by Gasteiger charge is 2.19. The van der Waals surface area contributed by atoms with Crippen LogP contribution in [0.3, 0.4) is 0 Å². The van der Waals surface area contributed by atoms with Gasteiger partial charge in [-0.2, -0.15) is 11.8 Å². The summed E-state index contributed by atoms with van der Waals surface area (Å²) in [5.74, 6) is 0.948. The van der Waals surface area contributed by atoms with E-state index in [0.717, 1.165) is 11.1 Å². The molecule has 0 atom stereocenters. The van der Waals surface area contributed by atoms with Crippen molar-refractivity contribution in [2.75, 3.05) is 17.0 Å². The molecule has 0 aliphatic heterocycles. The molecule has 0 spiro atoms. The first-order valence-corrected chi connectivity index (χ1v) is 13.6. The Hall–Kier alpha value is -2.19. The Kier molecular flexibility index (Phi) is 8.70. The van der Waals surface area contributed by atoms with E-state index in [2.05, 4.69) is 10.0 Å². The van der Waals surface area contributed by atoms with E-state index in [-0.39, 0.29) is 16.4 Å². The number of sulfonamides is 1. The average molecular weight is 524 g/mol. The number of carbonyl (C=O) groups excluding carboxylic acids is 1. The lowest BCUT2D eigenvalue weighted by atomic mass is 10.1. The minimum absolute atomic E-state index is 0.0689. The van der Waals surface area contributed by atoms with Gasteiger partial charge in [0.1, 0.15) is 0 Å². The zero-order valence-electron chi connectivity index (χ0n) is 18.2. The fraction of sp³-hybridized carbons (Fsp3) is 0.208. The van der Waals surface area contributed by atoms with Gasteiger partial charge in [0, 0.05) is 39.3 Å². The molecule has 3 aromatic rings. The van der Waals surface area contributed by atoms with Gasteiger partial charge in [-0.05, 0) is 66.9 Å². The highest BCUT2D eigenvalue weighted by Crippen LogP contribution is 2.28. The largest absolute Gasteiger partial charge is 0.351 e. The summed E-state index contributed by atoms with van der Waals surface area (Å²) in [6.45, 7) is 4.00. The first kappa shape index (κ1) is 25.4. The van der Waals surface area contributed by atoms with Crippen LogP contribution in [-0.4, -0.2) is 26.6 Å². The van der Waals surface area contributed by atoms with E-state index in [1.54, 1.807) is 67.2 Å². The first-order valence-electron chi connectivity index (χ1n) is 10.2. The fourth-order valence-corrected chi connectivity index (χ4v) is 6.05. The number of hydrogen-bond acceptors (Lipinski definition) is 4. The molecule has 0 aromatic heterocycles. The molecule has 0 fully saturated rings. The number of carbonyl (C=O) groups is 1. The molecule has 0 bridgehead atoms. The van der Waals surface area contributed by atoms with Crippen LogP contribution < -0.4 is 10.0 Å². The summed E-state index contributed by atoms with van der Waals surface area (Å²) < 4.78 is 28.4. The van der Waals surface area contributed by atoms with Gasteiger partial charge in [0.05, 0.1) is 4.90 Å². The van der Waals surface area contributed by atoms with Crippen molar-refractivity contribution in [3.63, 3.8) is 0 Å². The monoisotopic (exact) mass is 522 g/mol. The number of rotatable bonds is 9. The van der Waals surface area contributed by atoms with Crippen LogP contribution in [0.15, 0.2) is 65.6 Å². The minimum Gasteiger partial charge on any atom is -0.351 e. The third-order valence-electron chi connectivity index (χ3n) is 4.85. The van der Waals surface area contributed by atoms with Gasteiger partial charge in [-0.3, -0.25) is 9.52 Å². The highest BCUT2D eigenvalue weighted by atomic mass is 35.5. The van der Waals surface area contributed by atoms with Crippen LogP contribution in [0.25, 0.3) is 0 Å². The van der Waals surface area contributed by atoms with Crippen LogP contribution >= 0.6 is 35.0 Å². The van der Waals surface area contributed by atoms with E-state index in [4.69, 9.17) is 23.2 Å². The van der Waals surface area contributed by atoms with Crippen molar-refractivity contribution < 1.29 is 13.2 Å². The predicted molar refractivity (Wildman–Crippen MR) is 138 cm³/mol. The molecule has 3 rings (SSSR count). The van der Waals surface area contributed by atoms with Crippen molar-refractivity contribution in [2.45, 2.75) is 24.5 Å². The summed E-state index contributed by atoms with van der Waals surface area (Å²) in [4.78, 5) is 12.7. The highest BCUT2D eigenvalue weighted by molar-refractivity contribution is 7.98. The van der Waals surface area contributed by atoms with E-state index >= 15 is 0 Å². The zero-order chi connectivity index (χ0) is 24.0. The third-order valence-corrected chi connectivity index (χ3v) is 8.07. The lowest BCUT2D eigenvalue weighted by molar-refractivity contribution is 0.0956. The van der Waals surface area contributed by atoms with E-state index in [0.29, 0.717) is 39.3 Å². The number of hydrogen-bond donors (Lipinski definition) is 2. The van der Waals surface area contributed by atoms with Gasteiger partial charge in [-0.15, -0.1) is 0 Å². The van der Waals surface area contributed by atoms with E-state index < -0.39 is 10.0 Å². The summed E-state index contributed by atoms with van der Waals surface area (Å²) in [7, 11) is -3.84. The van der Waals surface area contributed by atoms with Gasteiger partial charge in [-0.25, -0.2) is 8.42 Å². The summed E-state index contributed by atoms with van der Waals surface area (Å²) in [5.41, 5.74) is 3.12. The van der Waals surface area contributed by atoms with Crippen LogP contribution in [0.4, 0.5) is 5.69 Å². The molecule has 0 heterocycles. The van der Waals surface area contributed by atoms with Gasteiger partial charge in [-0.1, -0.05) is 47.5 Å². The second kappa shape index (κ2) is 11.3. The summed E-state index contributed by atoms with van der Waals surface area (Å²) in [5, 5.41) is 4.06. The molecular formula is C24H24Cl2N2O3S2. The SMILES string of the molecule is Cc1cccc(NS(=O)(=O)c2cc(C(=O)NCCSCc3c(Cl)cccc3Cl)ccc2C)c1. The normalized spacial score (nSPS) is 11.3. The van der Waals surface area contributed by atoms with Crippen molar-refractivity contribution in [1.29, 1.82) is 0 Å². The van der Waals surface area contributed by atoms with Crippen LogP contribution in [0.5, 0.6) is 0 Å². The van der Waals surface area contributed by atoms with E-state index in [9.17, 15) is 13.2 Å². The molecule has 9 heteroatoms. The number of benzene rings is 3. The maximum Gasteiger partial charge on any atom is 0.262 e. The van der Waals surface area contributed by atoms with E-state index in [1.165, 1.54) is 6.07 Å². The van der Waals surface area contributed by atoms with Crippen molar-refractivity contribution >= 4 is 56.6 Å². The van der Waals surface area contributed by atoms with Gasteiger partial charge in [0.2, 0.25) is 0 Å². The molecule has 3 aromatic carbocycles. The van der Waals surface area contributed by atoms with Crippen LogP contribution in [-0.2, 0) is 15.8 Å². The van der Waals surface area contributed by atoms with Gasteiger partial charge >= 0.3 is 0 Å². The van der Waals surface area contributed by atoms with Gasteiger partial charge < -0.3 is 5.32 Å². The topological polar surface area (TPSA) is 75.3 Å². The Balaban J connectivity index is 1.60. The number of halogens is 2. The van der Waals surface area contributed by atoms with Crippen LogP contribution in [0.1, 0.15) is 27.0 Å². The molecule has 0 unspecified atom stereocenters. The van der Waals surface area contributed by atoms with Crippen molar-refractivity contribution in [3.8, 4) is 0 Å². The number of thioether (sulfide) groups is 1. The summed E-state index contributed by atoms with van der Waals surface area (Å²) in [6.07, 6.45) is 0.